The minimum atomic E-state index is -0.279. The van der Waals surface area contributed by atoms with Crippen molar-refractivity contribution in [1.29, 1.82) is 5.26 Å². The first-order valence-corrected chi connectivity index (χ1v) is 4.85. The van der Waals surface area contributed by atoms with Gasteiger partial charge in [-0.05, 0) is 30.7 Å². The van der Waals surface area contributed by atoms with Gasteiger partial charge in [-0.2, -0.15) is 5.26 Å². The third kappa shape index (κ3) is 1.75. The number of nitrogens with zero attached hydrogens (tertiary/aromatic N) is 2. The predicted octanol–water partition coefficient (Wildman–Crippen LogP) is 1.67. The molecule has 0 saturated carbocycles. The first-order valence-electron chi connectivity index (χ1n) is 4.85. The van der Waals surface area contributed by atoms with Crippen LogP contribution in [0.1, 0.15) is 16.9 Å². The van der Waals surface area contributed by atoms with Gasteiger partial charge >= 0.3 is 0 Å². The largest absolute Gasteiger partial charge is 0.467 e. The predicted molar refractivity (Wildman–Crippen MR) is 58.0 cm³/mol. The van der Waals surface area contributed by atoms with E-state index in [2.05, 4.69) is 0 Å². The van der Waals surface area contributed by atoms with Gasteiger partial charge < -0.3 is 8.98 Å². The zero-order valence-electron chi connectivity index (χ0n) is 8.80. The Bertz CT molecular complexity index is 588. The number of hydrogen-bond donors (Lipinski definition) is 0. The number of aromatic nitrogens is 1. The number of aryl methyl sites for hydroxylation is 1. The molecule has 2 aromatic rings. The lowest BCUT2D eigenvalue weighted by Crippen LogP contribution is -2.23. The highest BCUT2D eigenvalue weighted by Crippen LogP contribution is 2.04. The summed E-state index contributed by atoms with van der Waals surface area (Å²) in [5, 5.41) is 8.86. The summed E-state index contributed by atoms with van der Waals surface area (Å²) < 4.78 is 6.62. The van der Waals surface area contributed by atoms with Crippen molar-refractivity contribution in [2.45, 2.75) is 13.5 Å². The average Bonchev–Trinajstić information content (AvgIpc) is 2.76. The van der Waals surface area contributed by atoms with E-state index in [-0.39, 0.29) is 11.1 Å². The highest BCUT2D eigenvalue weighted by atomic mass is 16.3. The molecule has 0 bridgehead atoms. The summed E-state index contributed by atoms with van der Waals surface area (Å²) in [5.41, 5.74) is 0.608. The minimum Gasteiger partial charge on any atom is -0.467 e. The topological polar surface area (TPSA) is 58.9 Å². The SMILES string of the molecule is Cc1ccn(Cc2ccco2)c(=O)c1C#N. The van der Waals surface area contributed by atoms with Gasteiger partial charge in [0.2, 0.25) is 0 Å². The summed E-state index contributed by atoms with van der Waals surface area (Å²) in [5.74, 6) is 0.690. The van der Waals surface area contributed by atoms with E-state index in [4.69, 9.17) is 9.68 Å². The molecule has 0 amide bonds. The van der Waals surface area contributed by atoms with E-state index in [0.29, 0.717) is 17.9 Å². The Balaban J connectivity index is 2.44. The normalized spacial score (nSPS) is 10.0. The Morgan fingerprint density at radius 1 is 1.50 bits per heavy atom. The molecule has 0 fully saturated rings. The van der Waals surface area contributed by atoms with Gasteiger partial charge in [-0.1, -0.05) is 0 Å². The van der Waals surface area contributed by atoms with Crippen molar-refractivity contribution < 1.29 is 4.42 Å². The first-order chi connectivity index (χ1) is 7.72. The lowest BCUT2D eigenvalue weighted by molar-refractivity contribution is 0.489. The Labute approximate surface area is 92.4 Å². The van der Waals surface area contributed by atoms with Gasteiger partial charge in [-0.25, -0.2) is 0 Å². The molecule has 0 aliphatic carbocycles. The molecule has 0 radical (unpaired) electrons. The summed E-state index contributed by atoms with van der Waals surface area (Å²) in [7, 11) is 0. The van der Waals surface area contributed by atoms with Crippen LogP contribution in [0.3, 0.4) is 0 Å². The van der Waals surface area contributed by atoms with Crippen molar-refractivity contribution in [3.05, 3.63) is 57.9 Å². The van der Waals surface area contributed by atoms with Gasteiger partial charge in [-0.15, -0.1) is 0 Å². The van der Waals surface area contributed by atoms with Crippen molar-refractivity contribution in [3.63, 3.8) is 0 Å². The van der Waals surface area contributed by atoms with Crippen molar-refractivity contribution in [1.82, 2.24) is 4.57 Å². The number of rotatable bonds is 2. The van der Waals surface area contributed by atoms with Crippen LogP contribution in [-0.2, 0) is 6.54 Å². The first kappa shape index (κ1) is 10.2. The van der Waals surface area contributed by atoms with Gasteiger partial charge in [0.15, 0.2) is 0 Å². The van der Waals surface area contributed by atoms with Crippen LogP contribution in [0.4, 0.5) is 0 Å². The van der Waals surface area contributed by atoms with Crippen LogP contribution in [0.5, 0.6) is 0 Å². The second-order valence-corrected chi connectivity index (χ2v) is 3.50. The molecular formula is C12H10N2O2. The minimum absolute atomic E-state index is 0.189. The van der Waals surface area contributed by atoms with E-state index in [0.717, 1.165) is 0 Å². The second-order valence-electron chi connectivity index (χ2n) is 3.50. The molecule has 0 aliphatic rings. The zero-order chi connectivity index (χ0) is 11.5. The van der Waals surface area contributed by atoms with Crippen molar-refractivity contribution >= 4 is 0 Å². The Morgan fingerprint density at radius 2 is 2.31 bits per heavy atom. The van der Waals surface area contributed by atoms with Crippen LogP contribution in [0.25, 0.3) is 0 Å². The number of pyridine rings is 1. The van der Waals surface area contributed by atoms with E-state index in [1.54, 1.807) is 37.6 Å². The average molecular weight is 214 g/mol. The fraction of sp³-hybridized carbons (Fsp3) is 0.167. The van der Waals surface area contributed by atoms with Crippen molar-refractivity contribution in [2.75, 3.05) is 0 Å². The number of hydrogen-bond acceptors (Lipinski definition) is 3. The van der Waals surface area contributed by atoms with Crippen molar-refractivity contribution in [2.24, 2.45) is 0 Å². The molecule has 2 heterocycles. The maximum atomic E-state index is 11.8. The maximum absolute atomic E-state index is 11.8. The van der Waals surface area contributed by atoms with E-state index in [1.165, 1.54) is 4.57 Å². The quantitative estimate of drug-likeness (QED) is 0.764. The molecular weight excluding hydrogens is 204 g/mol. The molecule has 0 atom stereocenters. The summed E-state index contributed by atoms with van der Waals surface area (Å²) in [6, 6.07) is 7.23. The van der Waals surface area contributed by atoms with Crippen LogP contribution in [0.2, 0.25) is 0 Å². The second kappa shape index (κ2) is 4.07. The Morgan fingerprint density at radius 3 is 2.94 bits per heavy atom. The lowest BCUT2D eigenvalue weighted by Gasteiger charge is -2.04. The summed E-state index contributed by atoms with van der Waals surface area (Å²) >= 11 is 0. The summed E-state index contributed by atoms with van der Waals surface area (Å²) in [6.07, 6.45) is 3.22. The van der Waals surface area contributed by atoms with Gasteiger partial charge in [-0.3, -0.25) is 4.79 Å². The fourth-order valence-corrected chi connectivity index (χ4v) is 1.50. The molecule has 4 nitrogen and oxygen atoms in total. The molecule has 0 unspecified atom stereocenters. The van der Waals surface area contributed by atoms with Crippen LogP contribution >= 0.6 is 0 Å². The molecule has 0 aromatic carbocycles. The monoisotopic (exact) mass is 214 g/mol. The molecule has 16 heavy (non-hydrogen) atoms. The van der Waals surface area contributed by atoms with E-state index < -0.39 is 0 Å². The maximum Gasteiger partial charge on any atom is 0.269 e. The zero-order valence-corrected chi connectivity index (χ0v) is 8.80. The molecule has 2 aromatic heterocycles. The van der Waals surface area contributed by atoms with Crippen LogP contribution < -0.4 is 5.56 Å². The molecule has 2 rings (SSSR count). The standard InChI is InChI=1S/C12H10N2O2/c1-9-4-5-14(12(15)11(9)7-13)8-10-3-2-6-16-10/h2-6H,8H2,1H3. The van der Waals surface area contributed by atoms with Crippen molar-refractivity contribution in [3.8, 4) is 6.07 Å². The third-order valence-corrected chi connectivity index (χ3v) is 2.39. The van der Waals surface area contributed by atoms with Crippen LogP contribution in [0.15, 0.2) is 39.9 Å². The van der Waals surface area contributed by atoms with E-state index in [9.17, 15) is 4.79 Å². The van der Waals surface area contributed by atoms with Gasteiger partial charge in [0.25, 0.3) is 5.56 Å². The summed E-state index contributed by atoms with van der Waals surface area (Å²) in [6.45, 7) is 2.10. The molecule has 0 N–H and O–H groups in total. The molecule has 0 aliphatic heterocycles. The fourth-order valence-electron chi connectivity index (χ4n) is 1.50. The molecule has 0 saturated heterocycles. The summed E-state index contributed by atoms with van der Waals surface area (Å²) in [4.78, 5) is 11.8. The highest BCUT2D eigenvalue weighted by Gasteiger charge is 2.07. The lowest BCUT2D eigenvalue weighted by atomic mass is 10.2. The number of nitriles is 1. The van der Waals surface area contributed by atoms with Gasteiger partial charge in [0, 0.05) is 6.20 Å². The van der Waals surface area contributed by atoms with Gasteiger partial charge in [0.1, 0.15) is 17.4 Å². The highest BCUT2D eigenvalue weighted by molar-refractivity contribution is 5.34. The molecule has 4 heteroatoms. The van der Waals surface area contributed by atoms with Gasteiger partial charge in [0.05, 0.1) is 12.8 Å². The molecule has 0 spiro atoms. The van der Waals surface area contributed by atoms with Crippen LogP contribution in [-0.4, -0.2) is 4.57 Å². The smallest absolute Gasteiger partial charge is 0.269 e. The third-order valence-electron chi connectivity index (χ3n) is 2.39. The van der Waals surface area contributed by atoms with E-state index in [1.807, 2.05) is 6.07 Å². The Kier molecular flexibility index (Phi) is 2.61. The van der Waals surface area contributed by atoms with Crippen LogP contribution in [0, 0.1) is 18.3 Å². The Hall–Kier alpha value is -2.28. The molecule has 80 valence electrons. The van der Waals surface area contributed by atoms with E-state index >= 15 is 0 Å². The number of furan rings is 1.